The first kappa shape index (κ1) is 10.6. The zero-order valence-corrected chi connectivity index (χ0v) is 9.03. The first-order chi connectivity index (χ1) is 6.19. The summed E-state index contributed by atoms with van der Waals surface area (Å²) in [7, 11) is 0. The van der Waals surface area contributed by atoms with Crippen LogP contribution in [-0.4, -0.2) is 5.78 Å². The predicted molar refractivity (Wildman–Crippen MR) is 57.9 cm³/mol. The van der Waals surface area contributed by atoms with Gasteiger partial charge in [0.1, 0.15) is 0 Å². The van der Waals surface area contributed by atoms with E-state index in [1.807, 2.05) is 19.1 Å². The number of carbonyl (C=O) groups excluding carboxylic acids is 1. The van der Waals surface area contributed by atoms with Gasteiger partial charge in [-0.1, -0.05) is 6.92 Å². The van der Waals surface area contributed by atoms with Crippen LogP contribution in [0.3, 0.4) is 0 Å². The second kappa shape index (κ2) is 4.68. The normalized spacial score (nSPS) is 10.1. The molecule has 0 aliphatic rings. The average Bonchev–Trinajstić information content (AvgIpc) is 2.16. The summed E-state index contributed by atoms with van der Waals surface area (Å²) in [4.78, 5) is 12.3. The smallest absolute Gasteiger partial charge is 0.162 e. The lowest BCUT2D eigenvalue weighted by atomic mass is 10.0. The minimum Gasteiger partial charge on any atom is -0.294 e. The van der Waals surface area contributed by atoms with E-state index < -0.39 is 0 Å². The molecular formula is C10H11ClOS. The SMILES string of the molecule is CCC(=O)c1ccc(S)cc1CCl. The number of ketones is 1. The summed E-state index contributed by atoms with van der Waals surface area (Å²) >= 11 is 9.90. The molecule has 0 aliphatic carbocycles. The molecule has 13 heavy (non-hydrogen) atoms. The van der Waals surface area contributed by atoms with Crippen molar-refractivity contribution < 1.29 is 4.79 Å². The molecule has 0 saturated heterocycles. The molecule has 0 aliphatic heterocycles. The van der Waals surface area contributed by atoms with Crippen molar-refractivity contribution in [1.29, 1.82) is 0 Å². The molecule has 0 fully saturated rings. The Morgan fingerprint density at radius 1 is 1.54 bits per heavy atom. The van der Waals surface area contributed by atoms with Crippen LogP contribution in [0.2, 0.25) is 0 Å². The third-order valence-electron chi connectivity index (χ3n) is 1.85. The lowest BCUT2D eigenvalue weighted by Crippen LogP contribution is -2.00. The van der Waals surface area contributed by atoms with Crippen LogP contribution in [0.1, 0.15) is 29.3 Å². The van der Waals surface area contributed by atoms with Gasteiger partial charge in [0.05, 0.1) is 0 Å². The Kier molecular flexibility index (Phi) is 3.82. The average molecular weight is 215 g/mol. The first-order valence-corrected chi connectivity index (χ1v) is 5.08. The van der Waals surface area contributed by atoms with Gasteiger partial charge in [0, 0.05) is 22.8 Å². The molecule has 1 rings (SSSR count). The van der Waals surface area contributed by atoms with Crippen molar-refractivity contribution in [3.05, 3.63) is 29.3 Å². The monoisotopic (exact) mass is 214 g/mol. The Morgan fingerprint density at radius 2 is 2.23 bits per heavy atom. The van der Waals surface area contributed by atoms with Gasteiger partial charge in [-0.25, -0.2) is 0 Å². The van der Waals surface area contributed by atoms with Crippen molar-refractivity contribution in [3.63, 3.8) is 0 Å². The summed E-state index contributed by atoms with van der Waals surface area (Å²) in [5.74, 6) is 0.485. The highest BCUT2D eigenvalue weighted by atomic mass is 35.5. The van der Waals surface area contributed by atoms with Gasteiger partial charge in [-0.3, -0.25) is 4.79 Å². The largest absolute Gasteiger partial charge is 0.294 e. The van der Waals surface area contributed by atoms with Crippen LogP contribution in [0.5, 0.6) is 0 Å². The van der Waals surface area contributed by atoms with Crippen LogP contribution in [0.4, 0.5) is 0 Å². The third kappa shape index (κ3) is 2.48. The molecule has 0 unspecified atom stereocenters. The molecule has 0 spiro atoms. The van der Waals surface area contributed by atoms with E-state index in [0.29, 0.717) is 12.3 Å². The van der Waals surface area contributed by atoms with Crippen LogP contribution in [0.25, 0.3) is 0 Å². The van der Waals surface area contributed by atoms with Gasteiger partial charge in [-0.05, 0) is 23.8 Å². The molecule has 1 nitrogen and oxygen atoms in total. The molecule has 70 valence electrons. The molecular weight excluding hydrogens is 204 g/mol. The van der Waals surface area contributed by atoms with E-state index >= 15 is 0 Å². The number of carbonyl (C=O) groups is 1. The first-order valence-electron chi connectivity index (χ1n) is 4.10. The summed E-state index contributed by atoms with van der Waals surface area (Å²) in [6.45, 7) is 1.84. The van der Waals surface area contributed by atoms with Gasteiger partial charge in [-0.15, -0.1) is 24.2 Å². The maximum absolute atomic E-state index is 11.4. The van der Waals surface area contributed by atoms with Crippen molar-refractivity contribution in [2.75, 3.05) is 0 Å². The van der Waals surface area contributed by atoms with Gasteiger partial charge < -0.3 is 0 Å². The number of thiol groups is 1. The number of hydrogen-bond donors (Lipinski definition) is 1. The molecule has 0 bridgehead atoms. The fourth-order valence-corrected chi connectivity index (χ4v) is 1.60. The fourth-order valence-electron chi connectivity index (χ4n) is 1.15. The summed E-state index contributed by atoms with van der Waals surface area (Å²) < 4.78 is 0. The number of rotatable bonds is 3. The second-order valence-corrected chi connectivity index (χ2v) is 3.54. The topological polar surface area (TPSA) is 17.1 Å². The van der Waals surface area contributed by atoms with Crippen LogP contribution in [0, 0.1) is 0 Å². The van der Waals surface area contributed by atoms with E-state index in [0.717, 1.165) is 16.0 Å². The third-order valence-corrected chi connectivity index (χ3v) is 2.42. The summed E-state index contributed by atoms with van der Waals surface area (Å²) in [5, 5.41) is 0. The lowest BCUT2D eigenvalue weighted by molar-refractivity contribution is 0.0987. The van der Waals surface area contributed by atoms with Crippen molar-refractivity contribution in [2.24, 2.45) is 0 Å². The molecule has 0 aromatic heterocycles. The number of benzene rings is 1. The fraction of sp³-hybridized carbons (Fsp3) is 0.300. The number of Topliss-reactive ketones (excluding diaryl/α,β-unsaturated/α-hetero) is 1. The summed E-state index contributed by atoms with van der Waals surface area (Å²) in [6.07, 6.45) is 0.510. The highest BCUT2D eigenvalue weighted by Gasteiger charge is 2.08. The van der Waals surface area contributed by atoms with Crippen LogP contribution in [-0.2, 0) is 5.88 Å². The molecule has 3 heteroatoms. The van der Waals surface area contributed by atoms with E-state index in [4.69, 9.17) is 11.6 Å². The molecule has 0 N–H and O–H groups in total. The second-order valence-electron chi connectivity index (χ2n) is 2.75. The minimum absolute atomic E-state index is 0.129. The van der Waals surface area contributed by atoms with Crippen molar-refractivity contribution >= 4 is 30.0 Å². The zero-order valence-electron chi connectivity index (χ0n) is 7.38. The Bertz CT molecular complexity index is 323. The standard InChI is InChI=1S/C10H11ClOS/c1-2-10(12)9-4-3-8(13)5-7(9)6-11/h3-5,13H,2,6H2,1H3. The highest BCUT2D eigenvalue weighted by Crippen LogP contribution is 2.18. The van der Waals surface area contributed by atoms with Gasteiger partial charge >= 0.3 is 0 Å². The molecule has 0 heterocycles. The van der Waals surface area contributed by atoms with Crippen LogP contribution < -0.4 is 0 Å². The van der Waals surface area contributed by atoms with Crippen molar-refractivity contribution in [2.45, 2.75) is 24.1 Å². The van der Waals surface area contributed by atoms with E-state index in [2.05, 4.69) is 12.6 Å². The summed E-state index contributed by atoms with van der Waals surface area (Å²) in [5.41, 5.74) is 1.58. The van der Waals surface area contributed by atoms with Gasteiger partial charge in [0.2, 0.25) is 0 Å². The van der Waals surface area contributed by atoms with E-state index in [-0.39, 0.29) is 5.78 Å². The van der Waals surface area contributed by atoms with E-state index in [1.165, 1.54) is 0 Å². The molecule has 0 amide bonds. The lowest BCUT2D eigenvalue weighted by Gasteiger charge is -2.05. The van der Waals surface area contributed by atoms with Crippen molar-refractivity contribution in [1.82, 2.24) is 0 Å². The van der Waals surface area contributed by atoms with E-state index in [9.17, 15) is 4.79 Å². The number of halogens is 1. The Hall–Kier alpha value is -0.470. The van der Waals surface area contributed by atoms with E-state index in [1.54, 1.807) is 6.07 Å². The summed E-state index contributed by atoms with van der Waals surface area (Å²) in [6, 6.07) is 5.42. The predicted octanol–water partition coefficient (Wildman–Crippen LogP) is 3.31. The quantitative estimate of drug-likeness (QED) is 0.464. The molecule has 0 radical (unpaired) electrons. The maximum Gasteiger partial charge on any atom is 0.162 e. The van der Waals surface area contributed by atoms with Gasteiger partial charge in [-0.2, -0.15) is 0 Å². The van der Waals surface area contributed by atoms with Gasteiger partial charge in [0.15, 0.2) is 5.78 Å². The zero-order chi connectivity index (χ0) is 9.84. The Labute approximate surface area is 88.5 Å². The van der Waals surface area contributed by atoms with Gasteiger partial charge in [0.25, 0.3) is 0 Å². The Balaban J connectivity index is 3.13. The van der Waals surface area contributed by atoms with Crippen molar-refractivity contribution in [3.8, 4) is 0 Å². The highest BCUT2D eigenvalue weighted by molar-refractivity contribution is 7.80. The molecule has 1 aromatic carbocycles. The van der Waals surface area contributed by atoms with Crippen LogP contribution >= 0.6 is 24.2 Å². The molecule has 0 saturated carbocycles. The number of hydrogen-bond acceptors (Lipinski definition) is 2. The minimum atomic E-state index is 0.129. The number of alkyl halides is 1. The Morgan fingerprint density at radius 3 is 2.77 bits per heavy atom. The maximum atomic E-state index is 11.4. The molecule has 0 atom stereocenters. The molecule has 1 aromatic rings. The van der Waals surface area contributed by atoms with Crippen LogP contribution in [0.15, 0.2) is 23.1 Å².